The van der Waals surface area contributed by atoms with Crippen molar-refractivity contribution in [3.63, 3.8) is 0 Å². The van der Waals surface area contributed by atoms with E-state index in [1.807, 2.05) is 24.6 Å². The topological polar surface area (TPSA) is 46.9 Å². The summed E-state index contributed by atoms with van der Waals surface area (Å²) in [5.41, 5.74) is 1.86. The lowest BCUT2D eigenvalue weighted by Crippen LogP contribution is -2.35. The van der Waals surface area contributed by atoms with Crippen LogP contribution in [0.15, 0.2) is 30.3 Å². The summed E-state index contributed by atoms with van der Waals surface area (Å²) in [5.74, 6) is 0.0871. The lowest BCUT2D eigenvalue weighted by Gasteiger charge is -2.16. The number of rotatable bonds is 5. The average Bonchev–Trinajstić information content (AvgIpc) is 3.11. The molecule has 0 saturated heterocycles. The molecule has 0 aliphatic heterocycles. The molecule has 0 bridgehead atoms. The number of thiophene rings is 1. The minimum Gasteiger partial charge on any atom is -0.349 e. The van der Waals surface area contributed by atoms with E-state index in [-0.39, 0.29) is 17.8 Å². The number of hydrogen-bond acceptors (Lipinski definition) is 3. The number of halogens is 1. The maximum absolute atomic E-state index is 13.1. The van der Waals surface area contributed by atoms with Crippen LogP contribution in [0.1, 0.15) is 41.7 Å². The van der Waals surface area contributed by atoms with Crippen LogP contribution in [0.3, 0.4) is 0 Å². The van der Waals surface area contributed by atoms with Crippen molar-refractivity contribution in [1.29, 1.82) is 0 Å². The summed E-state index contributed by atoms with van der Waals surface area (Å²) in [6.07, 6.45) is 0. The molecule has 3 rings (SSSR count). The van der Waals surface area contributed by atoms with Crippen molar-refractivity contribution in [2.75, 3.05) is 0 Å². The molecule has 0 saturated carbocycles. The van der Waals surface area contributed by atoms with Crippen LogP contribution in [-0.2, 0) is 6.54 Å². The Labute approximate surface area is 150 Å². The van der Waals surface area contributed by atoms with E-state index in [9.17, 15) is 9.18 Å². The van der Waals surface area contributed by atoms with Gasteiger partial charge in [0.2, 0.25) is 0 Å². The van der Waals surface area contributed by atoms with E-state index in [1.165, 1.54) is 23.5 Å². The monoisotopic (exact) mass is 359 g/mol. The van der Waals surface area contributed by atoms with Crippen LogP contribution >= 0.6 is 11.3 Å². The Balaban J connectivity index is 1.87. The minimum absolute atomic E-state index is 0.0462. The second-order valence-electron chi connectivity index (χ2n) is 6.71. The fourth-order valence-corrected chi connectivity index (χ4v) is 3.60. The molecule has 0 aliphatic rings. The molecule has 4 nitrogen and oxygen atoms in total. The van der Waals surface area contributed by atoms with Gasteiger partial charge in [0.1, 0.15) is 10.6 Å². The van der Waals surface area contributed by atoms with Crippen molar-refractivity contribution in [3.05, 3.63) is 52.3 Å². The van der Waals surface area contributed by atoms with E-state index < -0.39 is 0 Å². The number of benzene rings is 1. The third-order valence-corrected chi connectivity index (χ3v) is 5.58. The van der Waals surface area contributed by atoms with Crippen molar-refractivity contribution in [2.45, 2.75) is 40.3 Å². The summed E-state index contributed by atoms with van der Waals surface area (Å²) in [6, 6.07) is 8.43. The van der Waals surface area contributed by atoms with Crippen molar-refractivity contribution in [1.82, 2.24) is 15.1 Å². The molecular weight excluding hydrogens is 337 g/mol. The van der Waals surface area contributed by atoms with Crippen LogP contribution < -0.4 is 5.32 Å². The van der Waals surface area contributed by atoms with E-state index in [2.05, 4.69) is 24.3 Å². The predicted molar refractivity (Wildman–Crippen MR) is 99.6 cm³/mol. The summed E-state index contributed by atoms with van der Waals surface area (Å²) in [7, 11) is 0. The molecule has 2 heterocycles. The van der Waals surface area contributed by atoms with Crippen molar-refractivity contribution in [3.8, 4) is 0 Å². The zero-order valence-electron chi connectivity index (χ0n) is 14.8. The molecule has 3 aromatic rings. The van der Waals surface area contributed by atoms with Crippen LogP contribution in [0.4, 0.5) is 4.39 Å². The quantitative estimate of drug-likeness (QED) is 0.735. The summed E-state index contributed by atoms with van der Waals surface area (Å²) in [4.78, 5) is 14.1. The first-order valence-corrected chi connectivity index (χ1v) is 9.19. The van der Waals surface area contributed by atoms with Gasteiger partial charge in [-0.3, -0.25) is 9.48 Å². The molecule has 1 aromatic carbocycles. The highest BCUT2D eigenvalue weighted by Crippen LogP contribution is 2.29. The van der Waals surface area contributed by atoms with Gasteiger partial charge in [-0.05, 0) is 43.5 Å². The van der Waals surface area contributed by atoms with E-state index in [1.54, 1.807) is 12.1 Å². The molecule has 0 fully saturated rings. The van der Waals surface area contributed by atoms with Gasteiger partial charge in [-0.1, -0.05) is 26.0 Å². The summed E-state index contributed by atoms with van der Waals surface area (Å²) < 4.78 is 15.0. The lowest BCUT2D eigenvalue weighted by atomic mass is 10.1. The average molecular weight is 359 g/mol. The maximum atomic E-state index is 13.1. The van der Waals surface area contributed by atoms with Crippen molar-refractivity contribution >= 4 is 27.5 Å². The molecule has 1 amide bonds. The smallest absolute Gasteiger partial charge is 0.261 e. The number of aromatic nitrogens is 2. The fourth-order valence-electron chi connectivity index (χ4n) is 2.54. The molecule has 1 atom stereocenters. The minimum atomic E-state index is -0.250. The molecule has 0 aliphatic carbocycles. The molecule has 0 radical (unpaired) electrons. The Morgan fingerprint density at radius 2 is 1.96 bits per heavy atom. The van der Waals surface area contributed by atoms with Crippen molar-refractivity contribution < 1.29 is 9.18 Å². The van der Waals surface area contributed by atoms with Crippen LogP contribution in [0.25, 0.3) is 10.2 Å². The molecule has 1 N–H and O–H groups in total. The van der Waals surface area contributed by atoms with E-state index >= 15 is 0 Å². The van der Waals surface area contributed by atoms with Gasteiger partial charge in [-0.2, -0.15) is 5.10 Å². The van der Waals surface area contributed by atoms with Crippen LogP contribution in [0.2, 0.25) is 0 Å². The van der Waals surface area contributed by atoms with Crippen LogP contribution in [0.5, 0.6) is 0 Å². The Bertz CT molecular complexity index is 895. The molecule has 6 heteroatoms. The number of nitrogens with one attached hydrogen (secondary N) is 1. The predicted octanol–water partition coefficient (Wildman–Crippen LogP) is 4.37. The first-order valence-electron chi connectivity index (χ1n) is 8.37. The largest absolute Gasteiger partial charge is 0.349 e. The number of aryl methyl sites for hydroxylation is 1. The van der Waals surface area contributed by atoms with Crippen molar-refractivity contribution in [2.24, 2.45) is 5.92 Å². The van der Waals surface area contributed by atoms with Gasteiger partial charge < -0.3 is 5.32 Å². The van der Waals surface area contributed by atoms with Gasteiger partial charge in [-0.25, -0.2) is 4.39 Å². The number of carbonyl (C=O) groups excluding carboxylic acids is 1. The van der Waals surface area contributed by atoms with E-state index in [4.69, 9.17) is 0 Å². The number of hydrogen-bond donors (Lipinski definition) is 1. The van der Waals surface area contributed by atoms with Crippen LogP contribution in [0, 0.1) is 18.7 Å². The van der Waals surface area contributed by atoms with Gasteiger partial charge in [0.25, 0.3) is 5.91 Å². The highest BCUT2D eigenvalue weighted by atomic mass is 32.1. The molecule has 0 unspecified atom stereocenters. The summed E-state index contributed by atoms with van der Waals surface area (Å²) in [5, 5.41) is 8.59. The second kappa shape index (κ2) is 6.96. The van der Waals surface area contributed by atoms with Gasteiger partial charge in [0.05, 0.1) is 17.1 Å². The number of nitrogens with zero attached hydrogens (tertiary/aromatic N) is 2. The van der Waals surface area contributed by atoms with Gasteiger partial charge >= 0.3 is 0 Å². The Kier molecular flexibility index (Phi) is 4.90. The first-order chi connectivity index (χ1) is 11.8. The maximum Gasteiger partial charge on any atom is 0.261 e. The second-order valence-corrected chi connectivity index (χ2v) is 7.74. The number of carbonyl (C=O) groups is 1. The third-order valence-electron chi connectivity index (χ3n) is 4.44. The fraction of sp³-hybridized carbons (Fsp3) is 0.368. The Morgan fingerprint density at radius 3 is 2.60 bits per heavy atom. The highest BCUT2D eigenvalue weighted by Gasteiger charge is 2.18. The van der Waals surface area contributed by atoms with E-state index in [0.29, 0.717) is 17.3 Å². The van der Waals surface area contributed by atoms with Gasteiger partial charge in [0.15, 0.2) is 0 Å². The first kappa shape index (κ1) is 17.6. The Hall–Kier alpha value is -2.21. The molecule has 132 valence electrons. The summed E-state index contributed by atoms with van der Waals surface area (Å²) >= 11 is 1.44. The zero-order valence-corrected chi connectivity index (χ0v) is 15.7. The summed E-state index contributed by atoms with van der Waals surface area (Å²) in [6.45, 7) is 8.67. The number of amides is 1. The van der Waals surface area contributed by atoms with E-state index in [0.717, 1.165) is 21.5 Å². The molecule has 2 aromatic heterocycles. The molecular formula is C19H22FN3OS. The van der Waals surface area contributed by atoms with Gasteiger partial charge in [0, 0.05) is 11.4 Å². The van der Waals surface area contributed by atoms with Crippen LogP contribution in [-0.4, -0.2) is 21.7 Å². The standard InChI is InChI=1S/C19H22FN3OS/c1-11(2)12(3)21-18(24)17-9-16-13(4)22-23(19(16)25-17)10-14-5-7-15(20)8-6-14/h5-9,11-12H,10H2,1-4H3,(H,21,24)/t12-/m1/s1. The molecule has 25 heavy (non-hydrogen) atoms. The highest BCUT2D eigenvalue weighted by molar-refractivity contribution is 7.20. The normalized spacial score (nSPS) is 12.7. The Morgan fingerprint density at radius 1 is 1.28 bits per heavy atom. The van der Waals surface area contributed by atoms with Gasteiger partial charge in [-0.15, -0.1) is 11.3 Å². The molecule has 0 spiro atoms. The number of fused-ring (bicyclic) bond motifs is 1. The SMILES string of the molecule is Cc1nn(Cc2ccc(F)cc2)c2sc(C(=O)N[C@H](C)C(C)C)cc12. The third kappa shape index (κ3) is 3.74. The lowest BCUT2D eigenvalue weighted by molar-refractivity contribution is 0.0934. The zero-order chi connectivity index (χ0) is 18.1.